The van der Waals surface area contributed by atoms with Gasteiger partial charge < -0.3 is 10.2 Å². The van der Waals surface area contributed by atoms with Gasteiger partial charge in [-0.2, -0.15) is 0 Å². The number of carboxylic acids is 2. The third-order valence-electron chi connectivity index (χ3n) is 2.50. The predicted molar refractivity (Wildman–Crippen MR) is 58.4 cm³/mol. The highest BCUT2D eigenvalue weighted by Crippen LogP contribution is 2.27. The van der Waals surface area contributed by atoms with Crippen LogP contribution in [-0.2, 0) is 9.59 Å². The van der Waals surface area contributed by atoms with Crippen molar-refractivity contribution in [3.05, 3.63) is 35.1 Å². The SMILES string of the molecule is Cc1cccc(C(CC(=O)O)CC(=O)O)c1F. The second-order valence-electron chi connectivity index (χ2n) is 3.87. The van der Waals surface area contributed by atoms with Crippen LogP contribution in [0.4, 0.5) is 4.39 Å². The van der Waals surface area contributed by atoms with Gasteiger partial charge >= 0.3 is 11.9 Å². The molecule has 5 heteroatoms. The summed E-state index contributed by atoms with van der Waals surface area (Å²) < 4.78 is 13.8. The van der Waals surface area contributed by atoms with E-state index < -0.39 is 36.5 Å². The summed E-state index contributed by atoms with van der Waals surface area (Å²) in [5, 5.41) is 17.4. The van der Waals surface area contributed by atoms with Crippen LogP contribution >= 0.6 is 0 Å². The Balaban J connectivity index is 3.07. The molecule has 0 aliphatic carbocycles. The van der Waals surface area contributed by atoms with E-state index in [9.17, 15) is 14.0 Å². The molecule has 17 heavy (non-hydrogen) atoms. The molecule has 0 atom stereocenters. The second-order valence-corrected chi connectivity index (χ2v) is 3.87. The Morgan fingerprint density at radius 2 is 1.76 bits per heavy atom. The van der Waals surface area contributed by atoms with E-state index in [1.165, 1.54) is 6.07 Å². The Hall–Kier alpha value is -1.91. The lowest BCUT2D eigenvalue weighted by molar-refractivity contribution is -0.139. The number of aliphatic carboxylic acids is 2. The number of benzene rings is 1. The van der Waals surface area contributed by atoms with Crippen molar-refractivity contribution in [1.29, 1.82) is 0 Å². The van der Waals surface area contributed by atoms with Crippen LogP contribution in [0.15, 0.2) is 18.2 Å². The minimum Gasteiger partial charge on any atom is -0.481 e. The van der Waals surface area contributed by atoms with Crippen molar-refractivity contribution in [3.8, 4) is 0 Å². The Labute approximate surface area is 97.7 Å². The lowest BCUT2D eigenvalue weighted by Crippen LogP contribution is -2.13. The number of hydrogen-bond donors (Lipinski definition) is 2. The first-order valence-corrected chi connectivity index (χ1v) is 5.10. The minimum absolute atomic E-state index is 0.148. The zero-order valence-corrected chi connectivity index (χ0v) is 9.31. The maximum absolute atomic E-state index is 13.8. The topological polar surface area (TPSA) is 74.6 Å². The number of hydrogen-bond acceptors (Lipinski definition) is 2. The van der Waals surface area contributed by atoms with E-state index in [2.05, 4.69) is 0 Å². The van der Waals surface area contributed by atoms with Gasteiger partial charge in [-0.15, -0.1) is 0 Å². The minimum atomic E-state index is -1.14. The van der Waals surface area contributed by atoms with Gasteiger partial charge in [-0.3, -0.25) is 9.59 Å². The molecule has 0 heterocycles. The van der Waals surface area contributed by atoms with E-state index in [0.29, 0.717) is 5.56 Å². The van der Waals surface area contributed by atoms with Gasteiger partial charge in [0, 0.05) is 5.92 Å². The quantitative estimate of drug-likeness (QED) is 0.827. The molecule has 0 fully saturated rings. The summed E-state index contributed by atoms with van der Waals surface area (Å²) in [4.78, 5) is 21.3. The van der Waals surface area contributed by atoms with E-state index in [-0.39, 0.29) is 5.56 Å². The summed E-state index contributed by atoms with van der Waals surface area (Å²) >= 11 is 0. The van der Waals surface area contributed by atoms with Gasteiger partial charge in [-0.05, 0) is 18.1 Å². The molecule has 0 aromatic heterocycles. The van der Waals surface area contributed by atoms with E-state index in [4.69, 9.17) is 10.2 Å². The van der Waals surface area contributed by atoms with E-state index >= 15 is 0 Å². The van der Waals surface area contributed by atoms with Crippen LogP contribution in [0.5, 0.6) is 0 Å². The molecule has 1 rings (SSSR count). The number of carboxylic acid groups (broad SMARTS) is 2. The van der Waals surface area contributed by atoms with E-state index in [1.807, 2.05) is 0 Å². The van der Waals surface area contributed by atoms with E-state index in [0.717, 1.165) is 0 Å². The third kappa shape index (κ3) is 3.55. The molecule has 1 aromatic carbocycles. The monoisotopic (exact) mass is 240 g/mol. The van der Waals surface area contributed by atoms with Crippen LogP contribution in [-0.4, -0.2) is 22.2 Å². The van der Waals surface area contributed by atoms with Crippen LogP contribution < -0.4 is 0 Å². The van der Waals surface area contributed by atoms with Gasteiger partial charge in [0.15, 0.2) is 0 Å². The maximum atomic E-state index is 13.8. The van der Waals surface area contributed by atoms with Gasteiger partial charge in [0.05, 0.1) is 12.8 Å². The Kier molecular flexibility index (Phi) is 4.20. The third-order valence-corrected chi connectivity index (χ3v) is 2.50. The summed E-state index contributed by atoms with van der Waals surface area (Å²) in [6.45, 7) is 1.55. The number of aryl methyl sites for hydroxylation is 1. The lowest BCUT2D eigenvalue weighted by Gasteiger charge is -2.14. The van der Waals surface area contributed by atoms with Crippen LogP contribution in [0.2, 0.25) is 0 Å². The summed E-state index contributed by atoms with van der Waals surface area (Å²) in [6.07, 6.45) is -0.792. The van der Waals surface area contributed by atoms with Crippen LogP contribution in [0, 0.1) is 12.7 Å². The fraction of sp³-hybridized carbons (Fsp3) is 0.333. The van der Waals surface area contributed by atoms with Gasteiger partial charge in [0.2, 0.25) is 0 Å². The molecule has 0 saturated carbocycles. The average Bonchev–Trinajstić information content (AvgIpc) is 2.19. The second kappa shape index (κ2) is 5.43. The Bertz CT molecular complexity index is 426. The van der Waals surface area contributed by atoms with Crippen molar-refractivity contribution in [2.75, 3.05) is 0 Å². The molecular formula is C12H13FO4. The number of carbonyl (C=O) groups is 2. The highest BCUT2D eigenvalue weighted by Gasteiger charge is 2.22. The molecule has 1 aromatic rings. The summed E-state index contributed by atoms with van der Waals surface area (Å²) in [7, 11) is 0. The van der Waals surface area contributed by atoms with Crippen LogP contribution in [0.3, 0.4) is 0 Å². The molecule has 0 unspecified atom stereocenters. The van der Waals surface area contributed by atoms with Crippen molar-refractivity contribution in [1.82, 2.24) is 0 Å². The molecular weight excluding hydrogens is 227 g/mol. The molecule has 92 valence electrons. The van der Waals surface area contributed by atoms with Crippen LogP contribution in [0.25, 0.3) is 0 Å². The molecule has 0 radical (unpaired) electrons. The Morgan fingerprint density at radius 3 is 2.24 bits per heavy atom. The molecule has 4 nitrogen and oxygen atoms in total. The zero-order valence-electron chi connectivity index (χ0n) is 9.31. The fourth-order valence-corrected chi connectivity index (χ4v) is 1.70. The first kappa shape index (κ1) is 13.2. The van der Waals surface area contributed by atoms with Gasteiger partial charge in [-0.1, -0.05) is 18.2 Å². The molecule has 0 bridgehead atoms. The molecule has 2 N–H and O–H groups in total. The van der Waals surface area contributed by atoms with Crippen LogP contribution in [0.1, 0.15) is 29.9 Å². The van der Waals surface area contributed by atoms with E-state index in [1.54, 1.807) is 19.1 Å². The standard InChI is InChI=1S/C12H13FO4/c1-7-3-2-4-9(12(7)13)8(5-10(14)15)6-11(16)17/h2-4,8H,5-6H2,1H3,(H,14,15)(H,16,17). The zero-order chi connectivity index (χ0) is 13.0. The fourth-order valence-electron chi connectivity index (χ4n) is 1.70. The predicted octanol–water partition coefficient (Wildman–Crippen LogP) is 2.17. The average molecular weight is 240 g/mol. The maximum Gasteiger partial charge on any atom is 0.303 e. The highest BCUT2D eigenvalue weighted by atomic mass is 19.1. The van der Waals surface area contributed by atoms with Crippen molar-refractivity contribution in [3.63, 3.8) is 0 Å². The molecule has 0 spiro atoms. The number of halogens is 1. The first-order valence-electron chi connectivity index (χ1n) is 5.10. The van der Waals surface area contributed by atoms with Crippen molar-refractivity contribution in [2.45, 2.75) is 25.7 Å². The molecule has 0 aliphatic heterocycles. The van der Waals surface area contributed by atoms with Gasteiger partial charge in [-0.25, -0.2) is 4.39 Å². The van der Waals surface area contributed by atoms with Crippen molar-refractivity contribution < 1.29 is 24.2 Å². The Morgan fingerprint density at radius 1 is 1.24 bits per heavy atom. The first-order chi connectivity index (χ1) is 7.91. The van der Waals surface area contributed by atoms with Gasteiger partial charge in [0.1, 0.15) is 5.82 Å². The molecule has 0 saturated heterocycles. The molecule has 0 aliphatic rings. The summed E-state index contributed by atoms with van der Waals surface area (Å²) in [6, 6.07) is 4.57. The summed E-state index contributed by atoms with van der Waals surface area (Å²) in [5.74, 6) is -3.65. The van der Waals surface area contributed by atoms with Crippen molar-refractivity contribution >= 4 is 11.9 Å². The molecule has 0 amide bonds. The summed E-state index contributed by atoms with van der Waals surface area (Å²) in [5.41, 5.74) is 0.526. The lowest BCUT2D eigenvalue weighted by atomic mass is 9.91. The highest BCUT2D eigenvalue weighted by molar-refractivity contribution is 5.72. The smallest absolute Gasteiger partial charge is 0.303 e. The van der Waals surface area contributed by atoms with Crippen molar-refractivity contribution in [2.24, 2.45) is 0 Å². The van der Waals surface area contributed by atoms with Gasteiger partial charge in [0.25, 0.3) is 0 Å². The normalized spacial score (nSPS) is 10.5. The largest absolute Gasteiger partial charge is 0.481 e. The number of rotatable bonds is 5.